The first kappa shape index (κ1) is 12.0. The highest BCUT2D eigenvalue weighted by atomic mass is 19.1. The predicted octanol–water partition coefficient (Wildman–Crippen LogP) is 0.668. The summed E-state index contributed by atoms with van der Waals surface area (Å²) in [7, 11) is 1.99. The zero-order valence-corrected chi connectivity index (χ0v) is 9.74. The van der Waals surface area contributed by atoms with Gasteiger partial charge in [-0.15, -0.1) is 0 Å². The lowest BCUT2D eigenvalue weighted by molar-refractivity contribution is -0.119. The minimum atomic E-state index is -0.307. The van der Waals surface area contributed by atoms with Crippen LogP contribution < -0.4 is 10.6 Å². The number of amides is 1. The summed E-state index contributed by atoms with van der Waals surface area (Å²) in [5.74, 6) is -0.387. The fourth-order valence-corrected chi connectivity index (χ4v) is 1.84. The van der Waals surface area contributed by atoms with Gasteiger partial charge in [0.05, 0.1) is 6.04 Å². The van der Waals surface area contributed by atoms with Gasteiger partial charge >= 0.3 is 0 Å². The third-order valence-corrected chi connectivity index (χ3v) is 2.81. The lowest BCUT2D eigenvalue weighted by Crippen LogP contribution is -2.54. The highest BCUT2D eigenvalue weighted by molar-refractivity contribution is 5.95. The molecule has 1 aliphatic heterocycles. The average molecular weight is 237 g/mol. The molecule has 1 saturated heterocycles. The second kappa shape index (κ2) is 5.25. The molecular weight excluding hydrogens is 221 g/mol. The van der Waals surface area contributed by atoms with Gasteiger partial charge < -0.3 is 15.5 Å². The van der Waals surface area contributed by atoms with E-state index in [9.17, 15) is 9.18 Å². The van der Waals surface area contributed by atoms with E-state index >= 15 is 0 Å². The quantitative estimate of drug-likeness (QED) is 0.794. The molecule has 1 aromatic carbocycles. The van der Waals surface area contributed by atoms with Crippen molar-refractivity contribution in [1.82, 2.24) is 10.2 Å². The largest absolute Gasteiger partial charge is 0.325 e. The summed E-state index contributed by atoms with van der Waals surface area (Å²) >= 11 is 0. The lowest BCUT2D eigenvalue weighted by Gasteiger charge is -2.29. The third kappa shape index (κ3) is 3.25. The smallest absolute Gasteiger partial charge is 0.242 e. The van der Waals surface area contributed by atoms with E-state index in [0.717, 1.165) is 13.1 Å². The van der Waals surface area contributed by atoms with Crippen molar-refractivity contribution in [3.63, 3.8) is 0 Å². The maximum absolute atomic E-state index is 12.7. The number of benzene rings is 1. The number of anilines is 1. The van der Waals surface area contributed by atoms with Crippen LogP contribution in [0.25, 0.3) is 0 Å². The number of hydrogen-bond acceptors (Lipinski definition) is 3. The average Bonchev–Trinajstić information content (AvgIpc) is 2.32. The van der Waals surface area contributed by atoms with Gasteiger partial charge in [-0.3, -0.25) is 4.79 Å². The van der Waals surface area contributed by atoms with Crippen LogP contribution in [0.2, 0.25) is 0 Å². The zero-order chi connectivity index (χ0) is 12.3. The van der Waals surface area contributed by atoms with Gasteiger partial charge in [0.1, 0.15) is 5.82 Å². The van der Waals surface area contributed by atoms with E-state index in [-0.39, 0.29) is 17.8 Å². The van der Waals surface area contributed by atoms with Gasteiger partial charge in [0.25, 0.3) is 0 Å². The number of halogens is 1. The minimum absolute atomic E-state index is 0.0804. The molecule has 0 aromatic heterocycles. The molecule has 2 N–H and O–H groups in total. The van der Waals surface area contributed by atoms with Crippen molar-refractivity contribution in [2.75, 3.05) is 32.0 Å². The van der Waals surface area contributed by atoms with Gasteiger partial charge in [-0.1, -0.05) is 0 Å². The first-order chi connectivity index (χ1) is 8.15. The molecule has 2 rings (SSSR count). The molecule has 1 aromatic rings. The van der Waals surface area contributed by atoms with Gasteiger partial charge in [0.15, 0.2) is 0 Å². The summed E-state index contributed by atoms with van der Waals surface area (Å²) in [6, 6.07) is 5.56. The molecule has 5 heteroatoms. The van der Waals surface area contributed by atoms with Crippen LogP contribution in [0.3, 0.4) is 0 Å². The minimum Gasteiger partial charge on any atom is -0.325 e. The summed E-state index contributed by atoms with van der Waals surface area (Å²) < 4.78 is 12.7. The Kier molecular flexibility index (Phi) is 3.71. The van der Waals surface area contributed by atoms with E-state index < -0.39 is 0 Å². The van der Waals surface area contributed by atoms with Crippen LogP contribution in [-0.2, 0) is 4.79 Å². The van der Waals surface area contributed by atoms with Gasteiger partial charge in [0, 0.05) is 25.3 Å². The van der Waals surface area contributed by atoms with Crippen LogP contribution in [-0.4, -0.2) is 43.5 Å². The maximum atomic E-state index is 12.7. The first-order valence-corrected chi connectivity index (χ1v) is 5.63. The monoisotopic (exact) mass is 237 g/mol. The van der Waals surface area contributed by atoms with Gasteiger partial charge in [-0.25, -0.2) is 4.39 Å². The highest BCUT2D eigenvalue weighted by Crippen LogP contribution is 2.09. The third-order valence-electron chi connectivity index (χ3n) is 2.81. The molecule has 1 unspecified atom stereocenters. The van der Waals surface area contributed by atoms with Crippen molar-refractivity contribution in [3.05, 3.63) is 30.1 Å². The first-order valence-electron chi connectivity index (χ1n) is 5.63. The highest BCUT2D eigenvalue weighted by Gasteiger charge is 2.23. The summed E-state index contributed by atoms with van der Waals surface area (Å²) in [4.78, 5) is 14.0. The van der Waals surface area contributed by atoms with Crippen molar-refractivity contribution >= 4 is 11.6 Å². The molecule has 17 heavy (non-hydrogen) atoms. The summed E-state index contributed by atoms with van der Waals surface area (Å²) in [5.41, 5.74) is 0.617. The molecule has 0 saturated carbocycles. The van der Waals surface area contributed by atoms with Crippen molar-refractivity contribution in [3.8, 4) is 0 Å². The fraction of sp³-hybridized carbons (Fsp3) is 0.417. The van der Waals surface area contributed by atoms with Crippen molar-refractivity contribution < 1.29 is 9.18 Å². The van der Waals surface area contributed by atoms with Crippen LogP contribution in [0.4, 0.5) is 10.1 Å². The number of hydrogen-bond donors (Lipinski definition) is 2. The molecule has 4 nitrogen and oxygen atoms in total. The maximum Gasteiger partial charge on any atom is 0.242 e. The normalized spacial score (nSPS) is 21.2. The molecule has 0 aliphatic carbocycles. The Balaban J connectivity index is 1.94. The number of rotatable bonds is 2. The van der Waals surface area contributed by atoms with Crippen LogP contribution in [0.5, 0.6) is 0 Å². The van der Waals surface area contributed by atoms with Gasteiger partial charge in [-0.2, -0.15) is 0 Å². The number of nitrogens with zero attached hydrogens (tertiary/aromatic N) is 1. The molecule has 1 amide bonds. The second-order valence-electron chi connectivity index (χ2n) is 4.27. The molecule has 1 fully saturated rings. The Morgan fingerprint density at radius 1 is 1.47 bits per heavy atom. The SMILES string of the molecule is CN1CCNC(C(=O)Nc2ccc(F)cc2)C1. The standard InChI is InChI=1S/C12H16FN3O/c1-16-7-6-14-11(8-16)12(17)15-10-4-2-9(13)3-5-10/h2-5,11,14H,6-8H2,1H3,(H,15,17). The Labute approximate surface area is 99.8 Å². The van der Waals surface area contributed by atoms with E-state index in [0.29, 0.717) is 12.2 Å². The van der Waals surface area contributed by atoms with E-state index in [4.69, 9.17) is 0 Å². The molecule has 92 valence electrons. The van der Waals surface area contributed by atoms with E-state index in [1.54, 1.807) is 12.1 Å². The van der Waals surface area contributed by atoms with E-state index in [1.165, 1.54) is 12.1 Å². The van der Waals surface area contributed by atoms with Crippen LogP contribution >= 0.6 is 0 Å². The molecule has 1 atom stereocenters. The van der Waals surface area contributed by atoms with Crippen LogP contribution in [0.1, 0.15) is 0 Å². The predicted molar refractivity (Wildman–Crippen MR) is 64.3 cm³/mol. The number of likely N-dealkylation sites (N-methyl/N-ethyl adjacent to an activating group) is 1. The Morgan fingerprint density at radius 2 is 2.18 bits per heavy atom. The molecule has 0 radical (unpaired) electrons. The molecule has 1 heterocycles. The zero-order valence-electron chi connectivity index (χ0n) is 9.74. The topological polar surface area (TPSA) is 44.4 Å². The molecular formula is C12H16FN3O. The molecule has 1 aliphatic rings. The number of carbonyl (C=O) groups is 1. The Morgan fingerprint density at radius 3 is 2.82 bits per heavy atom. The van der Waals surface area contributed by atoms with Gasteiger partial charge in [0.2, 0.25) is 5.91 Å². The molecule has 0 spiro atoms. The number of piperazine rings is 1. The fourth-order valence-electron chi connectivity index (χ4n) is 1.84. The Bertz CT molecular complexity index is 393. The van der Waals surface area contributed by atoms with Gasteiger partial charge in [-0.05, 0) is 31.3 Å². The number of carbonyl (C=O) groups excluding carboxylic acids is 1. The van der Waals surface area contributed by atoms with E-state index in [1.807, 2.05) is 7.05 Å². The van der Waals surface area contributed by atoms with Crippen LogP contribution in [0.15, 0.2) is 24.3 Å². The van der Waals surface area contributed by atoms with Crippen molar-refractivity contribution in [2.24, 2.45) is 0 Å². The van der Waals surface area contributed by atoms with Crippen molar-refractivity contribution in [2.45, 2.75) is 6.04 Å². The summed E-state index contributed by atoms with van der Waals surface area (Å²) in [6.45, 7) is 2.44. The van der Waals surface area contributed by atoms with E-state index in [2.05, 4.69) is 15.5 Å². The Hall–Kier alpha value is -1.46. The summed E-state index contributed by atoms with van der Waals surface area (Å²) in [5, 5.41) is 5.92. The molecule has 0 bridgehead atoms. The van der Waals surface area contributed by atoms with Crippen molar-refractivity contribution in [1.29, 1.82) is 0 Å². The summed E-state index contributed by atoms with van der Waals surface area (Å²) in [6.07, 6.45) is 0. The second-order valence-corrected chi connectivity index (χ2v) is 4.27. The van der Waals surface area contributed by atoms with Crippen LogP contribution in [0, 0.1) is 5.82 Å². The number of nitrogens with one attached hydrogen (secondary N) is 2. The lowest BCUT2D eigenvalue weighted by atomic mass is 10.2.